The third-order valence-electron chi connectivity index (χ3n) is 5.30. The summed E-state index contributed by atoms with van der Waals surface area (Å²) in [6, 6.07) is 2.08. The first kappa shape index (κ1) is 16.8. The number of carbonyl (C=O) groups excluding carboxylic acids is 2. The van der Waals surface area contributed by atoms with Gasteiger partial charge in [-0.2, -0.15) is 5.10 Å². The molecule has 1 N–H and O–H groups in total. The lowest BCUT2D eigenvalue weighted by molar-refractivity contribution is 0.0664. The summed E-state index contributed by atoms with van der Waals surface area (Å²) in [5.74, 6) is -0.0777. The molecule has 2 aromatic rings. The maximum atomic E-state index is 12.8. The normalized spacial score (nSPS) is 18.9. The summed E-state index contributed by atoms with van der Waals surface area (Å²) in [4.78, 5) is 33.0. The third-order valence-corrected chi connectivity index (χ3v) is 5.30. The van der Waals surface area contributed by atoms with E-state index >= 15 is 0 Å². The van der Waals surface area contributed by atoms with Crippen molar-refractivity contribution in [2.75, 3.05) is 26.2 Å². The molecule has 3 amide bonds. The molecule has 138 valence electrons. The number of aromatic nitrogens is 3. The Morgan fingerprint density at radius 1 is 1.04 bits per heavy atom. The number of fused-ring (bicyclic) bond motifs is 1. The van der Waals surface area contributed by atoms with Gasteiger partial charge in [0.05, 0.1) is 6.20 Å². The molecule has 1 aliphatic carbocycles. The van der Waals surface area contributed by atoms with Gasteiger partial charge in [0.1, 0.15) is 5.56 Å². The number of rotatable bonds is 2. The smallest absolute Gasteiger partial charge is 0.317 e. The number of nitrogens with one attached hydrogen (secondary N) is 1. The van der Waals surface area contributed by atoms with Gasteiger partial charge in [-0.3, -0.25) is 4.79 Å². The van der Waals surface area contributed by atoms with Gasteiger partial charge in [-0.1, -0.05) is 19.3 Å². The number of amides is 3. The van der Waals surface area contributed by atoms with E-state index in [0.717, 1.165) is 12.8 Å². The Morgan fingerprint density at radius 3 is 2.54 bits per heavy atom. The predicted octanol–water partition coefficient (Wildman–Crippen LogP) is 1.53. The molecule has 0 unspecified atom stereocenters. The Bertz CT molecular complexity index is 790. The van der Waals surface area contributed by atoms with Gasteiger partial charge in [0.2, 0.25) is 0 Å². The maximum absolute atomic E-state index is 12.8. The van der Waals surface area contributed by atoms with Crippen molar-refractivity contribution in [3.05, 3.63) is 30.2 Å². The van der Waals surface area contributed by atoms with E-state index in [-0.39, 0.29) is 11.9 Å². The minimum Gasteiger partial charge on any atom is -0.335 e. The monoisotopic (exact) mass is 356 g/mol. The molecule has 3 heterocycles. The van der Waals surface area contributed by atoms with Crippen molar-refractivity contribution in [3.8, 4) is 0 Å². The standard InChI is InChI=1S/C18H24N6O2/c25-17(15-13-20-24-8-4-7-19-16(15)24)22-9-11-23(12-10-22)18(26)21-14-5-2-1-3-6-14/h4,7-8,13-14H,1-3,5-6,9-12H2,(H,21,26). The second-order valence-electron chi connectivity index (χ2n) is 7.01. The van der Waals surface area contributed by atoms with Gasteiger partial charge in [-0.25, -0.2) is 14.3 Å². The molecule has 1 saturated heterocycles. The molecule has 0 radical (unpaired) electrons. The number of piperazine rings is 1. The molecule has 2 fully saturated rings. The molecular formula is C18H24N6O2. The van der Waals surface area contributed by atoms with E-state index in [1.165, 1.54) is 19.3 Å². The van der Waals surface area contributed by atoms with Crippen LogP contribution >= 0.6 is 0 Å². The highest BCUT2D eigenvalue weighted by atomic mass is 16.2. The lowest BCUT2D eigenvalue weighted by Crippen LogP contribution is -2.54. The summed E-state index contributed by atoms with van der Waals surface area (Å²) >= 11 is 0. The number of carbonyl (C=O) groups is 2. The Morgan fingerprint density at radius 2 is 1.77 bits per heavy atom. The van der Waals surface area contributed by atoms with Crippen LogP contribution in [0.5, 0.6) is 0 Å². The van der Waals surface area contributed by atoms with Gasteiger partial charge in [0.25, 0.3) is 5.91 Å². The molecule has 1 aliphatic heterocycles. The Balaban J connectivity index is 1.34. The quantitative estimate of drug-likeness (QED) is 0.885. The van der Waals surface area contributed by atoms with E-state index in [9.17, 15) is 9.59 Å². The summed E-state index contributed by atoms with van der Waals surface area (Å²) in [5, 5.41) is 7.32. The molecule has 2 aromatic heterocycles. The van der Waals surface area contributed by atoms with Crippen LogP contribution < -0.4 is 5.32 Å². The summed E-state index contributed by atoms with van der Waals surface area (Å²) < 4.78 is 1.60. The lowest BCUT2D eigenvalue weighted by atomic mass is 9.96. The van der Waals surface area contributed by atoms with Crippen molar-refractivity contribution in [2.24, 2.45) is 0 Å². The molecule has 8 nitrogen and oxygen atoms in total. The van der Waals surface area contributed by atoms with Crippen LogP contribution in [0.1, 0.15) is 42.5 Å². The molecule has 1 saturated carbocycles. The topological polar surface area (TPSA) is 82.8 Å². The van der Waals surface area contributed by atoms with Crippen LogP contribution in [-0.4, -0.2) is 68.6 Å². The van der Waals surface area contributed by atoms with Gasteiger partial charge < -0.3 is 15.1 Å². The number of hydrogen-bond donors (Lipinski definition) is 1. The summed E-state index contributed by atoms with van der Waals surface area (Å²) in [6.07, 6.45) is 10.8. The van der Waals surface area contributed by atoms with Gasteiger partial charge in [0, 0.05) is 44.6 Å². The molecule has 0 spiro atoms. The average molecular weight is 356 g/mol. The molecule has 0 bridgehead atoms. The second kappa shape index (κ2) is 7.31. The van der Waals surface area contributed by atoms with Crippen LogP contribution in [0, 0.1) is 0 Å². The zero-order valence-corrected chi connectivity index (χ0v) is 14.8. The molecule has 0 atom stereocenters. The minimum absolute atomic E-state index is 0.00153. The predicted molar refractivity (Wildman–Crippen MR) is 95.9 cm³/mol. The van der Waals surface area contributed by atoms with Crippen LogP contribution in [0.15, 0.2) is 24.7 Å². The van der Waals surface area contributed by atoms with Crippen LogP contribution in [-0.2, 0) is 0 Å². The van der Waals surface area contributed by atoms with E-state index in [4.69, 9.17) is 0 Å². The summed E-state index contributed by atoms with van der Waals surface area (Å²) in [5.41, 5.74) is 1.07. The minimum atomic E-state index is -0.0777. The third kappa shape index (κ3) is 3.36. The molecule has 26 heavy (non-hydrogen) atoms. The number of hydrogen-bond acceptors (Lipinski definition) is 4. The number of nitrogens with zero attached hydrogens (tertiary/aromatic N) is 5. The molecule has 8 heteroatoms. The zero-order valence-electron chi connectivity index (χ0n) is 14.8. The lowest BCUT2D eigenvalue weighted by Gasteiger charge is -2.35. The Kier molecular flexibility index (Phi) is 4.73. The van der Waals surface area contributed by atoms with Crippen LogP contribution in [0.2, 0.25) is 0 Å². The van der Waals surface area contributed by atoms with E-state index in [1.54, 1.807) is 34.1 Å². The van der Waals surface area contributed by atoms with E-state index < -0.39 is 0 Å². The molecule has 2 aliphatic rings. The van der Waals surface area contributed by atoms with Gasteiger partial charge in [-0.15, -0.1) is 0 Å². The fourth-order valence-electron chi connectivity index (χ4n) is 3.77. The highest BCUT2D eigenvalue weighted by Crippen LogP contribution is 2.18. The average Bonchev–Trinajstić information content (AvgIpc) is 3.12. The van der Waals surface area contributed by atoms with Crippen molar-refractivity contribution in [1.82, 2.24) is 29.7 Å². The largest absolute Gasteiger partial charge is 0.335 e. The first-order valence-electron chi connectivity index (χ1n) is 9.35. The van der Waals surface area contributed by atoms with E-state index in [2.05, 4.69) is 15.4 Å². The van der Waals surface area contributed by atoms with Crippen molar-refractivity contribution in [3.63, 3.8) is 0 Å². The zero-order chi connectivity index (χ0) is 17.9. The molecular weight excluding hydrogens is 332 g/mol. The Labute approximate surface area is 152 Å². The van der Waals surface area contributed by atoms with Gasteiger partial charge >= 0.3 is 6.03 Å². The highest BCUT2D eigenvalue weighted by Gasteiger charge is 2.28. The Hall–Kier alpha value is -2.64. The van der Waals surface area contributed by atoms with Crippen LogP contribution in [0.25, 0.3) is 5.65 Å². The van der Waals surface area contributed by atoms with Gasteiger partial charge in [0.15, 0.2) is 5.65 Å². The van der Waals surface area contributed by atoms with Crippen molar-refractivity contribution in [1.29, 1.82) is 0 Å². The van der Waals surface area contributed by atoms with Gasteiger partial charge in [-0.05, 0) is 18.9 Å². The first-order chi connectivity index (χ1) is 12.7. The summed E-state index contributed by atoms with van der Waals surface area (Å²) in [6.45, 7) is 2.16. The first-order valence-corrected chi connectivity index (χ1v) is 9.35. The van der Waals surface area contributed by atoms with E-state index in [1.807, 2.05) is 4.90 Å². The van der Waals surface area contributed by atoms with Crippen molar-refractivity contribution in [2.45, 2.75) is 38.1 Å². The maximum Gasteiger partial charge on any atom is 0.317 e. The molecule has 0 aromatic carbocycles. The summed E-state index contributed by atoms with van der Waals surface area (Å²) in [7, 11) is 0. The highest BCUT2D eigenvalue weighted by molar-refractivity contribution is 5.99. The fourth-order valence-corrected chi connectivity index (χ4v) is 3.77. The van der Waals surface area contributed by atoms with Crippen molar-refractivity contribution >= 4 is 17.6 Å². The van der Waals surface area contributed by atoms with E-state index in [0.29, 0.717) is 43.4 Å². The fraction of sp³-hybridized carbons (Fsp3) is 0.556. The van der Waals surface area contributed by atoms with Crippen LogP contribution in [0.3, 0.4) is 0 Å². The number of urea groups is 1. The second-order valence-corrected chi connectivity index (χ2v) is 7.01. The van der Waals surface area contributed by atoms with Crippen molar-refractivity contribution < 1.29 is 9.59 Å². The van der Waals surface area contributed by atoms with Crippen LogP contribution in [0.4, 0.5) is 4.79 Å². The SMILES string of the molecule is O=C(NC1CCCCC1)N1CCN(C(=O)c2cnn3cccnc23)CC1. The molecule has 4 rings (SSSR count).